The molecule has 1 fully saturated rings. The number of nitrogens with zero attached hydrogens (tertiary/aromatic N) is 4. The summed E-state index contributed by atoms with van der Waals surface area (Å²) in [6.45, 7) is 0.749. The van der Waals surface area contributed by atoms with Crippen LogP contribution < -0.4 is 9.47 Å². The van der Waals surface area contributed by atoms with Crippen LogP contribution in [0, 0.1) is 0 Å². The van der Waals surface area contributed by atoms with Crippen LogP contribution in [-0.4, -0.2) is 54.6 Å². The zero-order valence-corrected chi connectivity index (χ0v) is 16.9. The predicted octanol–water partition coefficient (Wildman–Crippen LogP) is 1.95. The molecule has 2 aromatic rings. The molecular formula is C18H26N4O4S. The molecule has 0 saturated carbocycles. The van der Waals surface area contributed by atoms with Gasteiger partial charge in [-0.1, -0.05) is 0 Å². The highest BCUT2D eigenvalue weighted by atomic mass is 32.2. The fourth-order valence-corrected chi connectivity index (χ4v) is 5.07. The second kappa shape index (κ2) is 7.87. The van der Waals surface area contributed by atoms with Crippen LogP contribution >= 0.6 is 0 Å². The Labute approximate surface area is 160 Å². The molecule has 0 unspecified atom stereocenters. The molecule has 148 valence electrons. The van der Waals surface area contributed by atoms with E-state index in [1.54, 1.807) is 36.5 Å². The van der Waals surface area contributed by atoms with Gasteiger partial charge in [0.2, 0.25) is 0 Å². The average molecular weight is 394 g/mol. The quantitative estimate of drug-likeness (QED) is 0.717. The number of methoxy groups -OCH3 is 2. The van der Waals surface area contributed by atoms with Crippen molar-refractivity contribution >= 4 is 10.2 Å². The second-order valence-corrected chi connectivity index (χ2v) is 8.65. The molecule has 0 bridgehead atoms. The molecule has 1 saturated heterocycles. The average Bonchev–Trinajstić information content (AvgIpc) is 3.30. The third kappa shape index (κ3) is 3.95. The molecule has 0 spiro atoms. The summed E-state index contributed by atoms with van der Waals surface area (Å²) in [6, 6.07) is 5.20. The standard InChI is InChI=1S/C18H26N4O4S/c1-20-12-14(11-19-20)13-21(2)27(23,24)22-9-5-6-17(22)16-10-15(25-3)7-8-18(16)26-4/h7-8,10-12,17H,5-6,9,13H2,1-4H3/t17-/m1/s1. The highest BCUT2D eigenvalue weighted by Crippen LogP contribution is 2.40. The number of ether oxygens (including phenoxy) is 2. The topological polar surface area (TPSA) is 76.9 Å². The van der Waals surface area contributed by atoms with E-state index in [0.29, 0.717) is 18.0 Å². The molecule has 1 aliphatic heterocycles. The Kier molecular flexibility index (Phi) is 5.73. The summed E-state index contributed by atoms with van der Waals surface area (Å²) >= 11 is 0. The van der Waals surface area contributed by atoms with Crippen molar-refractivity contribution < 1.29 is 17.9 Å². The van der Waals surface area contributed by atoms with Crippen molar-refractivity contribution in [3.05, 3.63) is 41.7 Å². The monoisotopic (exact) mass is 394 g/mol. The van der Waals surface area contributed by atoms with E-state index in [-0.39, 0.29) is 12.6 Å². The number of hydrogen-bond donors (Lipinski definition) is 0. The number of aromatic nitrogens is 2. The Hall–Kier alpha value is -2.10. The minimum absolute atomic E-state index is 0.272. The summed E-state index contributed by atoms with van der Waals surface area (Å²) in [5, 5.41) is 4.10. The first-order valence-corrected chi connectivity index (χ1v) is 10.2. The van der Waals surface area contributed by atoms with E-state index >= 15 is 0 Å². The lowest BCUT2D eigenvalue weighted by Gasteiger charge is -2.29. The van der Waals surface area contributed by atoms with Gasteiger partial charge < -0.3 is 9.47 Å². The summed E-state index contributed by atoms with van der Waals surface area (Å²) in [5.74, 6) is 1.34. The molecule has 2 heterocycles. The molecule has 0 aliphatic carbocycles. The maximum Gasteiger partial charge on any atom is 0.282 e. The minimum atomic E-state index is -3.64. The Balaban J connectivity index is 1.89. The second-order valence-electron chi connectivity index (χ2n) is 6.66. The van der Waals surface area contributed by atoms with Crippen molar-refractivity contribution in [2.45, 2.75) is 25.4 Å². The van der Waals surface area contributed by atoms with E-state index in [1.807, 2.05) is 31.4 Å². The van der Waals surface area contributed by atoms with E-state index in [2.05, 4.69) is 5.10 Å². The maximum absolute atomic E-state index is 13.2. The molecule has 27 heavy (non-hydrogen) atoms. The van der Waals surface area contributed by atoms with E-state index in [4.69, 9.17) is 9.47 Å². The van der Waals surface area contributed by atoms with Crippen molar-refractivity contribution in [3.8, 4) is 11.5 Å². The van der Waals surface area contributed by atoms with Gasteiger partial charge in [0.15, 0.2) is 0 Å². The number of hydrogen-bond acceptors (Lipinski definition) is 5. The van der Waals surface area contributed by atoms with Gasteiger partial charge in [-0.3, -0.25) is 4.68 Å². The third-order valence-corrected chi connectivity index (χ3v) is 6.80. The Morgan fingerprint density at radius 1 is 1.30 bits per heavy atom. The van der Waals surface area contributed by atoms with Gasteiger partial charge in [0.25, 0.3) is 10.2 Å². The third-order valence-electron chi connectivity index (χ3n) is 4.85. The smallest absolute Gasteiger partial charge is 0.282 e. The Morgan fingerprint density at radius 3 is 2.70 bits per heavy atom. The van der Waals surface area contributed by atoms with Crippen LogP contribution in [0.4, 0.5) is 0 Å². The summed E-state index contributed by atoms with van der Waals surface area (Å²) in [4.78, 5) is 0. The number of rotatable bonds is 7. The van der Waals surface area contributed by atoms with Crippen molar-refractivity contribution in [2.24, 2.45) is 7.05 Å². The highest BCUT2D eigenvalue weighted by molar-refractivity contribution is 7.86. The first kappa shape index (κ1) is 19.7. The van der Waals surface area contributed by atoms with E-state index in [1.165, 1.54) is 4.31 Å². The fraction of sp³-hybridized carbons (Fsp3) is 0.500. The first-order chi connectivity index (χ1) is 12.9. The first-order valence-electron chi connectivity index (χ1n) is 8.79. The summed E-state index contributed by atoms with van der Waals surface area (Å²) < 4.78 is 41.9. The molecule has 8 nitrogen and oxygen atoms in total. The van der Waals surface area contributed by atoms with E-state index < -0.39 is 10.2 Å². The van der Waals surface area contributed by atoms with Gasteiger partial charge in [-0.2, -0.15) is 22.1 Å². The van der Waals surface area contributed by atoms with Crippen LogP contribution in [0.1, 0.15) is 30.0 Å². The molecule has 1 atom stereocenters. The largest absolute Gasteiger partial charge is 0.497 e. The lowest BCUT2D eigenvalue weighted by Crippen LogP contribution is -2.41. The lowest BCUT2D eigenvalue weighted by molar-refractivity contribution is 0.332. The molecule has 1 aliphatic rings. The van der Waals surface area contributed by atoms with Gasteiger partial charge in [0.1, 0.15) is 11.5 Å². The minimum Gasteiger partial charge on any atom is -0.497 e. The van der Waals surface area contributed by atoms with E-state index in [9.17, 15) is 8.42 Å². The zero-order chi connectivity index (χ0) is 19.6. The van der Waals surface area contributed by atoms with Gasteiger partial charge in [-0.25, -0.2) is 0 Å². The summed E-state index contributed by atoms with van der Waals surface area (Å²) in [7, 11) is 2.96. The van der Waals surface area contributed by atoms with Crippen molar-refractivity contribution in [2.75, 3.05) is 27.8 Å². The van der Waals surface area contributed by atoms with E-state index in [0.717, 1.165) is 24.0 Å². The number of aryl methyl sites for hydroxylation is 1. The van der Waals surface area contributed by atoms with Crippen LogP contribution in [0.3, 0.4) is 0 Å². The lowest BCUT2D eigenvalue weighted by atomic mass is 10.0. The van der Waals surface area contributed by atoms with Crippen molar-refractivity contribution in [1.29, 1.82) is 0 Å². The van der Waals surface area contributed by atoms with Crippen LogP contribution in [0.2, 0.25) is 0 Å². The summed E-state index contributed by atoms with van der Waals surface area (Å²) in [6.07, 6.45) is 5.03. The normalized spacial score (nSPS) is 18.2. The van der Waals surface area contributed by atoms with Gasteiger partial charge >= 0.3 is 0 Å². The summed E-state index contributed by atoms with van der Waals surface area (Å²) in [5.41, 5.74) is 1.67. The van der Waals surface area contributed by atoms with Crippen LogP contribution in [0.5, 0.6) is 11.5 Å². The van der Waals surface area contributed by atoms with Gasteiger partial charge in [0.05, 0.1) is 26.5 Å². The molecule has 0 amide bonds. The molecule has 1 aromatic heterocycles. The van der Waals surface area contributed by atoms with Crippen LogP contribution in [-0.2, 0) is 23.8 Å². The van der Waals surface area contributed by atoms with Gasteiger partial charge in [0, 0.05) is 44.5 Å². The Morgan fingerprint density at radius 2 is 2.07 bits per heavy atom. The molecule has 9 heteroatoms. The van der Waals surface area contributed by atoms with Crippen LogP contribution in [0.25, 0.3) is 0 Å². The maximum atomic E-state index is 13.2. The van der Waals surface area contributed by atoms with Crippen LogP contribution in [0.15, 0.2) is 30.6 Å². The SMILES string of the molecule is COc1ccc(OC)c([C@H]2CCCN2S(=O)(=O)N(C)Cc2cnn(C)c2)c1. The fourth-order valence-electron chi connectivity index (χ4n) is 3.50. The zero-order valence-electron chi connectivity index (χ0n) is 16.1. The predicted molar refractivity (Wildman–Crippen MR) is 102 cm³/mol. The molecule has 1 aromatic carbocycles. The highest BCUT2D eigenvalue weighted by Gasteiger charge is 2.39. The Bertz CT molecular complexity index is 897. The molecule has 0 N–H and O–H groups in total. The van der Waals surface area contributed by atoms with Crippen molar-refractivity contribution in [3.63, 3.8) is 0 Å². The van der Waals surface area contributed by atoms with Gasteiger partial charge in [-0.15, -0.1) is 0 Å². The molecular weight excluding hydrogens is 368 g/mol. The number of benzene rings is 1. The van der Waals surface area contributed by atoms with Crippen molar-refractivity contribution in [1.82, 2.24) is 18.4 Å². The van der Waals surface area contributed by atoms with Gasteiger partial charge in [-0.05, 0) is 31.0 Å². The molecule has 3 rings (SSSR count). The molecule has 0 radical (unpaired) electrons.